The summed E-state index contributed by atoms with van der Waals surface area (Å²) < 4.78 is 6.02. The van der Waals surface area contributed by atoms with E-state index in [9.17, 15) is 14.4 Å². The molecule has 3 heterocycles. The number of hydrogen-bond acceptors (Lipinski definition) is 8. The van der Waals surface area contributed by atoms with Crippen molar-refractivity contribution in [3.05, 3.63) is 46.6 Å². The van der Waals surface area contributed by atoms with E-state index in [1.807, 2.05) is 12.1 Å². The smallest absolute Gasteiger partial charge is 0.261 e. The van der Waals surface area contributed by atoms with Gasteiger partial charge in [0.15, 0.2) is 11.7 Å². The molecule has 0 aliphatic carbocycles. The second-order valence-corrected chi connectivity index (χ2v) is 9.17. The molecule has 1 aliphatic rings. The Balaban J connectivity index is 1.47. The second-order valence-electron chi connectivity index (χ2n) is 7.49. The topological polar surface area (TPSA) is 145 Å². The Morgan fingerprint density at radius 3 is 2.76 bits per heavy atom. The first kappa shape index (κ1) is 22.7. The fourth-order valence-corrected chi connectivity index (χ4v) is 4.59. The lowest BCUT2D eigenvalue weighted by atomic mass is 10.0. The van der Waals surface area contributed by atoms with Crippen molar-refractivity contribution in [3.63, 3.8) is 0 Å². The number of nitrogen functional groups attached to an aromatic ring is 1. The van der Waals surface area contributed by atoms with Gasteiger partial charge in [-0.15, -0.1) is 0 Å². The summed E-state index contributed by atoms with van der Waals surface area (Å²) in [5, 5.41) is 1.21. The van der Waals surface area contributed by atoms with Crippen molar-refractivity contribution in [2.24, 2.45) is 5.73 Å². The number of carbonyl (C=O) groups excluding carboxylic acids is 3. The molecule has 1 fully saturated rings. The highest BCUT2D eigenvalue weighted by Crippen LogP contribution is 2.28. The zero-order valence-corrected chi connectivity index (χ0v) is 19.0. The summed E-state index contributed by atoms with van der Waals surface area (Å²) in [6, 6.07) is 7.82. The summed E-state index contributed by atoms with van der Waals surface area (Å²) in [4.78, 5) is 48.8. The van der Waals surface area contributed by atoms with E-state index in [2.05, 4.69) is 9.97 Å². The number of halogens is 1. The van der Waals surface area contributed by atoms with Gasteiger partial charge in [-0.3, -0.25) is 14.4 Å². The van der Waals surface area contributed by atoms with Crippen LogP contribution < -0.4 is 16.2 Å². The number of nitrogens with two attached hydrogens (primary N) is 2. The number of rotatable bonds is 7. The zero-order chi connectivity index (χ0) is 23.5. The quantitative estimate of drug-likeness (QED) is 0.511. The van der Waals surface area contributed by atoms with Gasteiger partial charge in [-0.25, -0.2) is 9.97 Å². The molecule has 0 radical (unpaired) electrons. The predicted octanol–water partition coefficient (Wildman–Crippen LogP) is 1.42. The largest absolute Gasteiger partial charge is 0.474 e. The Morgan fingerprint density at radius 1 is 1.21 bits per heavy atom. The molecule has 0 unspecified atom stereocenters. The van der Waals surface area contributed by atoms with Crippen molar-refractivity contribution >= 4 is 57.4 Å². The zero-order valence-electron chi connectivity index (χ0n) is 17.4. The van der Waals surface area contributed by atoms with Gasteiger partial charge in [-0.2, -0.15) is 0 Å². The normalized spacial score (nSPS) is 16.3. The number of hydrogen-bond donors (Lipinski definition) is 2. The van der Waals surface area contributed by atoms with Gasteiger partial charge in [0, 0.05) is 25.0 Å². The van der Waals surface area contributed by atoms with Gasteiger partial charge < -0.3 is 26.0 Å². The first-order chi connectivity index (χ1) is 15.8. The maximum atomic E-state index is 13.2. The number of thiophene rings is 1. The highest BCUT2D eigenvalue weighted by molar-refractivity contribution is 7.17. The Hall–Kier alpha value is -3.44. The van der Waals surface area contributed by atoms with Crippen molar-refractivity contribution < 1.29 is 19.1 Å². The van der Waals surface area contributed by atoms with Crippen LogP contribution in [0.4, 0.5) is 5.82 Å². The van der Waals surface area contributed by atoms with Crippen molar-refractivity contribution in [2.75, 3.05) is 25.4 Å². The summed E-state index contributed by atoms with van der Waals surface area (Å²) in [6.45, 7) is 0.569. The lowest BCUT2D eigenvalue weighted by Gasteiger charge is -2.40. The van der Waals surface area contributed by atoms with E-state index in [4.69, 9.17) is 27.8 Å². The number of carbonyl (C=O) groups is 3. The van der Waals surface area contributed by atoms with Crippen LogP contribution in [-0.4, -0.2) is 63.2 Å². The highest BCUT2D eigenvalue weighted by atomic mass is 35.5. The molecule has 4 rings (SSSR count). The first-order valence-electron chi connectivity index (χ1n) is 10.1. The number of ether oxygens (including phenoxy) is 1. The van der Waals surface area contributed by atoms with Crippen LogP contribution in [-0.2, 0) is 20.9 Å². The molecule has 12 heteroatoms. The van der Waals surface area contributed by atoms with Crippen molar-refractivity contribution in [3.8, 4) is 5.06 Å². The van der Waals surface area contributed by atoms with E-state index in [-0.39, 0.29) is 25.5 Å². The fraction of sp³-hybridized carbons (Fsp3) is 0.286. The van der Waals surface area contributed by atoms with Crippen LogP contribution in [0.2, 0.25) is 4.34 Å². The summed E-state index contributed by atoms with van der Waals surface area (Å²) in [7, 11) is 0. The molecule has 0 saturated carbocycles. The molecule has 0 bridgehead atoms. The minimum atomic E-state index is -0.988. The molecule has 1 atom stereocenters. The lowest BCUT2D eigenvalue weighted by molar-refractivity contribution is -0.154. The Morgan fingerprint density at radius 2 is 2.03 bits per heavy atom. The lowest BCUT2D eigenvalue weighted by Crippen LogP contribution is -2.60. The Labute approximate surface area is 198 Å². The van der Waals surface area contributed by atoms with Gasteiger partial charge in [0.1, 0.15) is 18.2 Å². The van der Waals surface area contributed by atoms with Crippen molar-refractivity contribution in [1.29, 1.82) is 0 Å². The molecule has 33 heavy (non-hydrogen) atoms. The van der Waals surface area contributed by atoms with Crippen LogP contribution in [0.3, 0.4) is 0 Å². The molecule has 1 aliphatic heterocycles. The van der Waals surface area contributed by atoms with E-state index < -0.39 is 17.9 Å². The molecular formula is C21H21ClN6O4S. The summed E-state index contributed by atoms with van der Waals surface area (Å²) in [5.41, 5.74) is 12.7. The number of nitrogens with zero attached hydrogens (tertiary/aromatic N) is 4. The van der Waals surface area contributed by atoms with E-state index in [0.29, 0.717) is 33.8 Å². The maximum Gasteiger partial charge on any atom is 0.261 e. The third-order valence-corrected chi connectivity index (χ3v) is 6.43. The molecular weight excluding hydrogens is 468 g/mol. The molecule has 172 valence electrons. The van der Waals surface area contributed by atoms with Gasteiger partial charge >= 0.3 is 0 Å². The highest BCUT2D eigenvalue weighted by Gasteiger charge is 2.38. The number of fused-ring (bicyclic) bond motifs is 1. The van der Waals surface area contributed by atoms with E-state index in [1.54, 1.807) is 23.1 Å². The maximum absolute atomic E-state index is 13.2. The van der Waals surface area contributed by atoms with Crippen LogP contribution >= 0.6 is 22.9 Å². The fourth-order valence-electron chi connectivity index (χ4n) is 3.72. The molecule has 10 nitrogen and oxygen atoms in total. The average Bonchev–Trinajstić information content (AvgIpc) is 3.20. The standard InChI is InChI=1S/C21H21ClN6O4S/c22-16-3-4-19(33-16)32-10-18(30)28-6-5-27(21(31)15(28)8-17(23)29)9-12-1-2-13-14(7-12)25-11-26-20(13)24/h1-4,7,11,15H,5-6,8-10H2,(H2,23,29)(H2,24,25,26)/t15-/m0/s1. The van der Waals surface area contributed by atoms with Gasteiger partial charge in [-0.1, -0.05) is 29.0 Å². The van der Waals surface area contributed by atoms with Crippen LogP contribution in [0.5, 0.6) is 5.06 Å². The van der Waals surface area contributed by atoms with Gasteiger partial charge in [-0.05, 0) is 29.8 Å². The predicted molar refractivity (Wildman–Crippen MR) is 124 cm³/mol. The minimum absolute atomic E-state index is 0.250. The average molecular weight is 489 g/mol. The van der Waals surface area contributed by atoms with Gasteiger partial charge in [0.25, 0.3) is 5.91 Å². The van der Waals surface area contributed by atoms with E-state index >= 15 is 0 Å². The molecule has 0 spiro atoms. The van der Waals surface area contributed by atoms with Gasteiger partial charge in [0.2, 0.25) is 11.8 Å². The molecule has 4 N–H and O–H groups in total. The summed E-state index contributed by atoms with van der Waals surface area (Å²) in [6.07, 6.45) is 1.11. The molecule has 3 amide bonds. The van der Waals surface area contributed by atoms with E-state index in [1.165, 1.54) is 22.6 Å². The summed E-state index contributed by atoms with van der Waals surface area (Å²) >= 11 is 7.07. The van der Waals surface area contributed by atoms with Crippen LogP contribution in [0.15, 0.2) is 36.7 Å². The number of benzene rings is 1. The number of aromatic nitrogens is 2. The van der Waals surface area contributed by atoms with Crippen LogP contribution in [0, 0.1) is 0 Å². The van der Waals surface area contributed by atoms with Crippen LogP contribution in [0.25, 0.3) is 10.9 Å². The molecule has 1 aromatic carbocycles. The first-order valence-corrected chi connectivity index (χ1v) is 11.2. The monoisotopic (exact) mass is 488 g/mol. The number of amides is 3. The molecule has 2 aromatic heterocycles. The Kier molecular flexibility index (Phi) is 6.61. The van der Waals surface area contributed by atoms with Crippen molar-refractivity contribution in [1.82, 2.24) is 19.8 Å². The van der Waals surface area contributed by atoms with Crippen LogP contribution in [0.1, 0.15) is 12.0 Å². The second kappa shape index (κ2) is 9.59. The number of primary amides is 1. The number of piperazine rings is 1. The van der Waals surface area contributed by atoms with E-state index in [0.717, 1.165) is 10.9 Å². The third-order valence-electron chi connectivity index (χ3n) is 5.29. The molecule has 1 saturated heterocycles. The SMILES string of the molecule is NC(=O)C[C@H]1C(=O)N(Cc2ccc3c(N)ncnc3c2)CCN1C(=O)COc1ccc(Cl)s1. The Bertz CT molecular complexity index is 1220. The summed E-state index contributed by atoms with van der Waals surface area (Å²) in [5.74, 6) is -1.05. The van der Waals surface area contributed by atoms with Crippen molar-refractivity contribution in [2.45, 2.75) is 19.0 Å². The van der Waals surface area contributed by atoms with Gasteiger partial charge in [0.05, 0.1) is 16.3 Å². The minimum Gasteiger partial charge on any atom is -0.474 e. The number of anilines is 1. The molecule has 3 aromatic rings. The third kappa shape index (κ3) is 5.15.